The monoisotopic (exact) mass is 364 g/mol. The largest absolute Gasteiger partial charge is 0.358 e. The molecule has 3 rings (SSSR count). The van der Waals surface area contributed by atoms with Gasteiger partial charge in [-0.2, -0.15) is 0 Å². The van der Waals surface area contributed by atoms with E-state index < -0.39 is 6.29 Å². The fraction of sp³-hybridized carbons (Fsp3) is 0.316. The number of nitrogens with one attached hydrogen (secondary N) is 1. The standard InChI is InChI=1S/C19H21FN2O2.ClH/c1-12-13(2)22-19-15(9-21-10-17(12)19)8-18(23-3)24-11-14-4-6-16(20)7-5-14;/h4-7,9-10,18,22H,8,11H2,1-3H3;1H. The first kappa shape index (κ1) is 19.4. The van der Waals surface area contributed by atoms with Crippen molar-refractivity contribution < 1.29 is 13.9 Å². The van der Waals surface area contributed by atoms with Crippen LogP contribution in [0.1, 0.15) is 22.4 Å². The van der Waals surface area contributed by atoms with Gasteiger partial charge >= 0.3 is 0 Å². The molecule has 0 saturated heterocycles. The van der Waals surface area contributed by atoms with Crippen molar-refractivity contribution >= 4 is 23.3 Å². The molecule has 2 aromatic heterocycles. The number of nitrogens with zero attached hydrogens (tertiary/aromatic N) is 1. The maximum atomic E-state index is 12.9. The van der Waals surface area contributed by atoms with Crippen molar-refractivity contribution in [3.63, 3.8) is 0 Å². The SMILES string of the molecule is COC(Cc1cncc2c(C)c(C)[nH]c12)OCc1ccc(F)cc1.Cl. The van der Waals surface area contributed by atoms with Gasteiger partial charge in [-0.3, -0.25) is 4.98 Å². The molecule has 134 valence electrons. The number of aromatic amines is 1. The summed E-state index contributed by atoms with van der Waals surface area (Å²) in [7, 11) is 1.62. The summed E-state index contributed by atoms with van der Waals surface area (Å²) in [5, 5.41) is 1.12. The molecule has 6 heteroatoms. The smallest absolute Gasteiger partial charge is 0.161 e. The van der Waals surface area contributed by atoms with Crippen molar-refractivity contribution in [2.75, 3.05) is 7.11 Å². The van der Waals surface area contributed by atoms with Crippen LogP contribution in [0.2, 0.25) is 0 Å². The number of ether oxygens (including phenoxy) is 2. The van der Waals surface area contributed by atoms with E-state index in [-0.39, 0.29) is 18.2 Å². The predicted octanol–water partition coefficient (Wildman–Crippen LogP) is 4.47. The van der Waals surface area contributed by atoms with Crippen molar-refractivity contribution in [1.29, 1.82) is 0 Å². The average Bonchev–Trinajstić information content (AvgIpc) is 2.89. The third kappa shape index (κ3) is 4.37. The summed E-state index contributed by atoms with van der Waals surface area (Å²) in [6.07, 6.45) is 3.90. The summed E-state index contributed by atoms with van der Waals surface area (Å²) in [5.74, 6) is -0.253. The van der Waals surface area contributed by atoms with Gasteiger partial charge in [0.05, 0.1) is 12.1 Å². The molecule has 3 aromatic rings. The second-order valence-electron chi connectivity index (χ2n) is 5.90. The molecule has 25 heavy (non-hydrogen) atoms. The molecule has 1 atom stereocenters. The van der Waals surface area contributed by atoms with Gasteiger partial charge in [0.2, 0.25) is 0 Å². The number of pyridine rings is 1. The Morgan fingerprint density at radius 3 is 2.56 bits per heavy atom. The molecule has 0 aliphatic carbocycles. The Morgan fingerprint density at radius 1 is 1.16 bits per heavy atom. The van der Waals surface area contributed by atoms with Gasteiger partial charge in [0.15, 0.2) is 6.29 Å². The normalized spacial score (nSPS) is 12.2. The zero-order valence-corrected chi connectivity index (χ0v) is 15.3. The van der Waals surface area contributed by atoms with Gasteiger partial charge in [-0.1, -0.05) is 12.1 Å². The van der Waals surface area contributed by atoms with Crippen LogP contribution in [0.5, 0.6) is 0 Å². The quantitative estimate of drug-likeness (QED) is 0.656. The third-order valence-electron chi connectivity index (χ3n) is 4.30. The highest BCUT2D eigenvalue weighted by atomic mass is 35.5. The topological polar surface area (TPSA) is 47.1 Å². The Bertz CT molecular complexity index is 833. The lowest BCUT2D eigenvalue weighted by Gasteiger charge is -2.16. The average molecular weight is 365 g/mol. The lowest BCUT2D eigenvalue weighted by molar-refractivity contribution is -0.130. The first-order valence-corrected chi connectivity index (χ1v) is 7.89. The summed E-state index contributed by atoms with van der Waals surface area (Å²) in [5.41, 5.74) is 5.38. The van der Waals surface area contributed by atoms with E-state index in [1.165, 1.54) is 17.7 Å². The predicted molar refractivity (Wildman–Crippen MR) is 98.5 cm³/mol. The number of aromatic nitrogens is 2. The number of fused-ring (bicyclic) bond motifs is 1. The lowest BCUT2D eigenvalue weighted by Crippen LogP contribution is -2.18. The molecule has 1 aromatic carbocycles. The first-order chi connectivity index (χ1) is 11.6. The van der Waals surface area contributed by atoms with E-state index in [2.05, 4.69) is 23.8 Å². The Balaban J connectivity index is 0.00000225. The molecule has 0 radical (unpaired) electrons. The molecule has 1 N–H and O–H groups in total. The fourth-order valence-electron chi connectivity index (χ4n) is 2.73. The van der Waals surface area contributed by atoms with Crippen LogP contribution in [-0.4, -0.2) is 23.4 Å². The Morgan fingerprint density at radius 2 is 1.88 bits per heavy atom. The van der Waals surface area contributed by atoms with Crippen molar-refractivity contribution in [3.05, 3.63) is 64.9 Å². The number of hydrogen-bond acceptors (Lipinski definition) is 3. The number of hydrogen-bond donors (Lipinski definition) is 1. The minimum atomic E-state index is -0.397. The van der Waals surface area contributed by atoms with E-state index in [0.717, 1.165) is 27.7 Å². The number of methoxy groups -OCH3 is 1. The molecule has 0 saturated carbocycles. The molecule has 2 heterocycles. The number of rotatable bonds is 6. The van der Waals surface area contributed by atoms with Crippen LogP contribution in [0.3, 0.4) is 0 Å². The third-order valence-corrected chi connectivity index (χ3v) is 4.30. The van der Waals surface area contributed by atoms with Gasteiger partial charge in [-0.15, -0.1) is 12.4 Å². The van der Waals surface area contributed by atoms with Crippen LogP contribution in [0, 0.1) is 19.7 Å². The molecular weight excluding hydrogens is 343 g/mol. The fourth-order valence-corrected chi connectivity index (χ4v) is 2.73. The van der Waals surface area contributed by atoms with E-state index in [1.807, 2.05) is 12.4 Å². The molecule has 4 nitrogen and oxygen atoms in total. The van der Waals surface area contributed by atoms with E-state index in [4.69, 9.17) is 9.47 Å². The highest BCUT2D eigenvalue weighted by molar-refractivity contribution is 5.86. The van der Waals surface area contributed by atoms with Gasteiger partial charge in [0.1, 0.15) is 5.82 Å². The minimum Gasteiger partial charge on any atom is -0.358 e. The Hall–Kier alpha value is -1.95. The summed E-state index contributed by atoms with van der Waals surface area (Å²) < 4.78 is 24.2. The Labute approximate surface area is 152 Å². The number of aryl methyl sites for hydroxylation is 2. The Kier molecular flexibility index (Phi) is 6.53. The number of benzene rings is 1. The van der Waals surface area contributed by atoms with Crippen LogP contribution in [0.25, 0.3) is 10.9 Å². The summed E-state index contributed by atoms with van der Waals surface area (Å²) in [6, 6.07) is 6.27. The molecular formula is C19H22ClFN2O2. The van der Waals surface area contributed by atoms with Crippen molar-refractivity contribution in [2.24, 2.45) is 0 Å². The zero-order valence-electron chi connectivity index (χ0n) is 14.5. The van der Waals surface area contributed by atoms with Crippen LogP contribution in [0.4, 0.5) is 4.39 Å². The molecule has 0 bridgehead atoms. The lowest BCUT2D eigenvalue weighted by atomic mass is 10.1. The second kappa shape index (κ2) is 8.43. The van der Waals surface area contributed by atoms with Crippen molar-refractivity contribution in [2.45, 2.75) is 33.2 Å². The van der Waals surface area contributed by atoms with Crippen LogP contribution < -0.4 is 0 Å². The first-order valence-electron chi connectivity index (χ1n) is 7.89. The van der Waals surface area contributed by atoms with Gasteiger partial charge < -0.3 is 14.5 Å². The van der Waals surface area contributed by atoms with Crippen LogP contribution >= 0.6 is 12.4 Å². The van der Waals surface area contributed by atoms with E-state index in [1.54, 1.807) is 19.2 Å². The zero-order chi connectivity index (χ0) is 17.1. The van der Waals surface area contributed by atoms with Gasteiger partial charge in [0.25, 0.3) is 0 Å². The van der Waals surface area contributed by atoms with Crippen molar-refractivity contribution in [1.82, 2.24) is 9.97 Å². The number of halogens is 2. The van der Waals surface area contributed by atoms with E-state index in [9.17, 15) is 4.39 Å². The van der Waals surface area contributed by atoms with Crippen LogP contribution in [0.15, 0.2) is 36.7 Å². The van der Waals surface area contributed by atoms with Gasteiger partial charge in [-0.05, 0) is 42.7 Å². The summed E-state index contributed by atoms with van der Waals surface area (Å²) in [4.78, 5) is 7.74. The van der Waals surface area contributed by atoms with Crippen molar-refractivity contribution in [3.8, 4) is 0 Å². The highest BCUT2D eigenvalue weighted by Crippen LogP contribution is 2.24. The minimum absolute atomic E-state index is 0. The molecule has 0 fully saturated rings. The number of H-pyrrole nitrogens is 1. The summed E-state index contributed by atoms with van der Waals surface area (Å²) >= 11 is 0. The second-order valence-corrected chi connectivity index (χ2v) is 5.90. The van der Waals surface area contributed by atoms with Crippen LogP contribution in [-0.2, 0) is 22.5 Å². The van der Waals surface area contributed by atoms with E-state index in [0.29, 0.717) is 13.0 Å². The molecule has 0 aliphatic rings. The maximum absolute atomic E-state index is 12.9. The summed E-state index contributed by atoms with van der Waals surface area (Å²) in [6.45, 7) is 4.50. The van der Waals surface area contributed by atoms with E-state index >= 15 is 0 Å². The van der Waals surface area contributed by atoms with Gasteiger partial charge in [0, 0.05) is 37.0 Å². The molecule has 0 aliphatic heterocycles. The molecule has 0 amide bonds. The highest BCUT2D eigenvalue weighted by Gasteiger charge is 2.14. The maximum Gasteiger partial charge on any atom is 0.161 e. The molecule has 1 unspecified atom stereocenters. The van der Waals surface area contributed by atoms with Gasteiger partial charge in [-0.25, -0.2) is 4.39 Å². The molecule has 0 spiro atoms.